The van der Waals surface area contributed by atoms with Gasteiger partial charge in [0.15, 0.2) is 0 Å². The van der Waals surface area contributed by atoms with Crippen molar-refractivity contribution in [1.82, 2.24) is 18.8 Å². The van der Waals surface area contributed by atoms with Crippen molar-refractivity contribution in [2.45, 2.75) is 0 Å². The molecule has 4 nitrogen and oxygen atoms in total. The van der Waals surface area contributed by atoms with Gasteiger partial charge in [0, 0.05) is 45.1 Å². The molecule has 0 aliphatic carbocycles. The molecule has 0 bridgehead atoms. The van der Waals surface area contributed by atoms with Gasteiger partial charge < -0.3 is 8.80 Å². The van der Waals surface area contributed by atoms with Crippen LogP contribution in [0.2, 0.25) is 0 Å². The van der Waals surface area contributed by atoms with E-state index in [1.165, 1.54) is 33.0 Å². The van der Waals surface area contributed by atoms with Crippen molar-refractivity contribution in [2.24, 2.45) is 0 Å². The zero-order valence-corrected chi connectivity index (χ0v) is 22.6. The van der Waals surface area contributed by atoms with E-state index in [4.69, 9.17) is 0 Å². The molecule has 0 saturated carbocycles. The van der Waals surface area contributed by atoms with Gasteiger partial charge in [0.1, 0.15) is 0 Å². The number of pyridine rings is 2. The van der Waals surface area contributed by atoms with Crippen molar-refractivity contribution < 1.29 is 0 Å². The van der Waals surface area contributed by atoms with Gasteiger partial charge in [0.25, 0.3) is 0 Å². The zero-order chi connectivity index (χ0) is 27.6. The lowest BCUT2D eigenvalue weighted by molar-refractivity contribution is 1.25. The molecule has 0 radical (unpaired) electrons. The number of rotatable bonds is 2. The average molecular weight is 537 g/mol. The maximum Gasteiger partial charge on any atom is 0.0795 e. The number of aromatic nitrogens is 4. The summed E-state index contributed by atoms with van der Waals surface area (Å²) in [7, 11) is 0. The van der Waals surface area contributed by atoms with Gasteiger partial charge in [-0.25, -0.2) is 0 Å². The SMILES string of the molecule is c1ccc(-c2c3ccccc3n3c4cnccc4c4ccncc4n4c5ccccc5c(-c5ccccc5)c4c23)cc1. The third-order valence-corrected chi connectivity index (χ3v) is 8.47. The van der Waals surface area contributed by atoms with E-state index in [2.05, 4.69) is 140 Å². The van der Waals surface area contributed by atoms with Crippen LogP contribution >= 0.6 is 0 Å². The fourth-order valence-corrected chi connectivity index (χ4v) is 6.81. The first-order valence-electron chi connectivity index (χ1n) is 14.2. The average Bonchev–Trinajstić information content (AvgIpc) is 3.58. The summed E-state index contributed by atoms with van der Waals surface area (Å²) < 4.78 is 4.86. The third-order valence-electron chi connectivity index (χ3n) is 8.47. The minimum atomic E-state index is 1.05. The Kier molecular flexibility index (Phi) is 4.87. The minimum Gasteiger partial charge on any atom is -0.305 e. The van der Waals surface area contributed by atoms with Gasteiger partial charge in [-0.2, -0.15) is 0 Å². The first-order chi connectivity index (χ1) is 20.9. The Hall–Kier alpha value is -5.74. The van der Waals surface area contributed by atoms with E-state index >= 15 is 0 Å². The van der Waals surface area contributed by atoms with Crippen molar-refractivity contribution in [3.8, 4) is 22.3 Å². The molecule has 0 saturated heterocycles. The lowest BCUT2D eigenvalue weighted by atomic mass is 9.99. The first-order valence-corrected chi connectivity index (χ1v) is 14.2. The number of nitrogens with zero attached hydrogens (tertiary/aromatic N) is 4. The second kappa shape index (κ2) is 8.88. The molecular weight excluding hydrogens is 512 g/mol. The van der Waals surface area contributed by atoms with Crippen LogP contribution in [0.5, 0.6) is 0 Å². The van der Waals surface area contributed by atoms with Gasteiger partial charge in [-0.15, -0.1) is 0 Å². The lowest BCUT2D eigenvalue weighted by Gasteiger charge is -2.11. The van der Waals surface area contributed by atoms with Crippen LogP contribution in [-0.4, -0.2) is 18.8 Å². The quantitative estimate of drug-likeness (QED) is 0.220. The largest absolute Gasteiger partial charge is 0.305 e. The molecule has 4 heteroatoms. The van der Waals surface area contributed by atoms with E-state index in [-0.39, 0.29) is 0 Å². The molecule has 0 aliphatic rings. The number of hydrogen-bond acceptors (Lipinski definition) is 2. The molecule has 4 aromatic carbocycles. The molecule has 0 N–H and O–H groups in total. The minimum absolute atomic E-state index is 1.05. The molecular formula is C38H24N4. The monoisotopic (exact) mass is 536 g/mol. The Morgan fingerprint density at radius 3 is 1.21 bits per heavy atom. The summed E-state index contributed by atoms with van der Waals surface area (Å²) in [5.74, 6) is 0. The normalized spacial score (nSPS) is 11.8. The summed E-state index contributed by atoms with van der Waals surface area (Å²) in [6.07, 6.45) is 7.78. The predicted octanol–water partition coefficient (Wildman–Crippen LogP) is 9.49. The fourth-order valence-electron chi connectivity index (χ4n) is 6.81. The van der Waals surface area contributed by atoms with Gasteiger partial charge in [-0.05, 0) is 35.4 Å². The summed E-state index contributed by atoms with van der Waals surface area (Å²) in [6.45, 7) is 0. The van der Waals surface area contributed by atoms with Crippen molar-refractivity contribution in [3.63, 3.8) is 0 Å². The molecule has 0 atom stereocenters. The Morgan fingerprint density at radius 1 is 0.357 bits per heavy atom. The second-order valence-corrected chi connectivity index (χ2v) is 10.7. The maximum atomic E-state index is 4.67. The highest BCUT2D eigenvalue weighted by molar-refractivity contribution is 6.21. The van der Waals surface area contributed by atoms with Crippen LogP contribution in [0.3, 0.4) is 0 Å². The van der Waals surface area contributed by atoms with Crippen LogP contribution in [0.4, 0.5) is 0 Å². The van der Waals surface area contributed by atoms with E-state index in [9.17, 15) is 0 Å². The molecule has 0 aliphatic heterocycles. The van der Waals surface area contributed by atoms with Crippen LogP contribution < -0.4 is 0 Å². The number of benzene rings is 4. The third kappa shape index (κ3) is 3.12. The highest BCUT2D eigenvalue weighted by Crippen LogP contribution is 2.45. The number of fused-ring (bicyclic) bond motifs is 12. The molecule has 0 amide bonds. The predicted molar refractivity (Wildman–Crippen MR) is 174 cm³/mol. The van der Waals surface area contributed by atoms with E-state index in [0.29, 0.717) is 0 Å². The maximum absolute atomic E-state index is 4.67. The Bertz CT molecular complexity index is 2330. The standard InChI is InChI=1S/C38H24N4/c1-3-11-25(12-4-1)35-29-15-7-9-17-31(29)41-33-23-39-21-19-27(33)28-20-22-40-24-34(28)42-32-18-10-8-16-30(32)36(38(42)37(35)41)26-13-5-2-6-14-26/h1-24H. The van der Waals surface area contributed by atoms with Crippen molar-refractivity contribution >= 4 is 54.6 Å². The summed E-state index contributed by atoms with van der Waals surface area (Å²) in [5, 5.41) is 4.64. The van der Waals surface area contributed by atoms with E-state index in [0.717, 1.165) is 43.9 Å². The van der Waals surface area contributed by atoms with Crippen LogP contribution in [0, 0.1) is 0 Å². The summed E-state index contributed by atoms with van der Waals surface area (Å²) in [5.41, 5.74) is 11.4. The first kappa shape index (κ1) is 23.0. The van der Waals surface area contributed by atoms with Crippen LogP contribution in [0.1, 0.15) is 0 Å². The molecule has 0 unspecified atom stereocenters. The van der Waals surface area contributed by atoms with Gasteiger partial charge in [0.2, 0.25) is 0 Å². The molecule has 5 aromatic heterocycles. The summed E-state index contributed by atoms with van der Waals surface area (Å²) in [4.78, 5) is 9.33. The summed E-state index contributed by atoms with van der Waals surface area (Å²) in [6, 6.07) is 43.3. The van der Waals surface area contributed by atoms with Crippen molar-refractivity contribution in [3.05, 3.63) is 146 Å². The molecule has 0 fully saturated rings. The fraction of sp³-hybridized carbons (Fsp3) is 0. The highest BCUT2D eigenvalue weighted by Gasteiger charge is 2.23. The zero-order valence-electron chi connectivity index (χ0n) is 22.6. The van der Waals surface area contributed by atoms with Gasteiger partial charge in [-0.3, -0.25) is 9.97 Å². The van der Waals surface area contributed by atoms with Gasteiger partial charge in [-0.1, -0.05) is 97.1 Å². The Labute approximate surface area is 241 Å². The van der Waals surface area contributed by atoms with Gasteiger partial charge in [0.05, 0.1) is 45.5 Å². The van der Waals surface area contributed by atoms with E-state index in [1.807, 2.05) is 24.8 Å². The molecule has 0 spiro atoms. The van der Waals surface area contributed by atoms with E-state index in [1.54, 1.807) is 0 Å². The van der Waals surface area contributed by atoms with Crippen LogP contribution in [-0.2, 0) is 0 Å². The highest BCUT2D eigenvalue weighted by atomic mass is 15.0. The van der Waals surface area contributed by atoms with Crippen molar-refractivity contribution in [1.29, 1.82) is 0 Å². The number of para-hydroxylation sites is 2. The molecule has 196 valence electrons. The van der Waals surface area contributed by atoms with Gasteiger partial charge >= 0.3 is 0 Å². The molecule has 9 rings (SSSR count). The molecule has 5 heterocycles. The Balaban J connectivity index is 1.77. The second-order valence-electron chi connectivity index (χ2n) is 10.7. The van der Waals surface area contributed by atoms with Crippen LogP contribution in [0.15, 0.2) is 146 Å². The molecule has 42 heavy (non-hydrogen) atoms. The number of hydrogen-bond donors (Lipinski definition) is 0. The van der Waals surface area contributed by atoms with Crippen molar-refractivity contribution in [2.75, 3.05) is 0 Å². The lowest BCUT2D eigenvalue weighted by Crippen LogP contribution is -1.95. The van der Waals surface area contributed by atoms with E-state index < -0.39 is 0 Å². The smallest absolute Gasteiger partial charge is 0.0795 e. The van der Waals surface area contributed by atoms with Crippen LogP contribution in [0.25, 0.3) is 76.9 Å². The summed E-state index contributed by atoms with van der Waals surface area (Å²) >= 11 is 0. The topological polar surface area (TPSA) is 34.6 Å². The molecule has 9 aromatic rings. The Morgan fingerprint density at radius 2 is 0.762 bits per heavy atom.